The maximum absolute atomic E-state index is 11.7. The van der Waals surface area contributed by atoms with Crippen LogP contribution < -0.4 is 16.6 Å². The van der Waals surface area contributed by atoms with Gasteiger partial charge in [-0.25, -0.2) is 5.84 Å². The Labute approximate surface area is 102 Å². The Morgan fingerprint density at radius 3 is 2.67 bits per heavy atom. The van der Waals surface area contributed by atoms with E-state index >= 15 is 0 Å². The highest BCUT2D eigenvalue weighted by Crippen LogP contribution is 2.12. The van der Waals surface area contributed by atoms with Gasteiger partial charge in [-0.2, -0.15) is 0 Å². The van der Waals surface area contributed by atoms with E-state index in [2.05, 4.69) is 5.32 Å². The lowest BCUT2D eigenvalue weighted by molar-refractivity contribution is -0.384. The van der Waals surface area contributed by atoms with Crippen LogP contribution in [0.3, 0.4) is 0 Å². The molecule has 0 aliphatic carbocycles. The number of hydrogen-bond acceptors (Lipinski definition) is 5. The Bertz CT molecular complexity index is 489. The van der Waals surface area contributed by atoms with Crippen LogP contribution in [0.25, 0.3) is 0 Å². The zero-order chi connectivity index (χ0) is 13.7. The minimum Gasteiger partial charge on any atom is -0.340 e. The normalized spacial score (nSPS) is 11.4. The van der Waals surface area contributed by atoms with Gasteiger partial charge in [0, 0.05) is 17.7 Å². The number of nitro benzene ring substituents is 1. The molecule has 0 unspecified atom stereocenters. The zero-order valence-corrected chi connectivity index (χ0v) is 9.54. The molecule has 0 aliphatic rings. The lowest BCUT2D eigenvalue weighted by Crippen LogP contribution is -2.47. The molecule has 0 saturated heterocycles. The number of benzene rings is 1. The first-order valence-corrected chi connectivity index (χ1v) is 5.01. The summed E-state index contributed by atoms with van der Waals surface area (Å²) in [4.78, 5) is 32.7. The number of nitrogens with two attached hydrogens (primary N) is 1. The van der Waals surface area contributed by atoms with Crippen LogP contribution in [0.1, 0.15) is 17.3 Å². The van der Waals surface area contributed by atoms with E-state index in [0.29, 0.717) is 0 Å². The molecule has 0 aromatic heterocycles. The molecule has 4 N–H and O–H groups in total. The Morgan fingerprint density at radius 2 is 2.11 bits per heavy atom. The van der Waals surface area contributed by atoms with Crippen LogP contribution in [0.15, 0.2) is 24.3 Å². The van der Waals surface area contributed by atoms with Crippen molar-refractivity contribution in [2.75, 3.05) is 0 Å². The fourth-order valence-corrected chi connectivity index (χ4v) is 1.23. The standard InChI is InChI=1S/C10H12N4O4/c1-6(9(15)13-11)12-10(16)7-3-2-4-8(5-7)14(17)18/h2-6H,11H2,1H3,(H,12,16)(H,13,15)/t6-/m0/s1. The summed E-state index contributed by atoms with van der Waals surface area (Å²) in [5, 5.41) is 12.9. The van der Waals surface area contributed by atoms with Crippen LogP contribution in [-0.4, -0.2) is 22.8 Å². The summed E-state index contributed by atoms with van der Waals surface area (Å²) in [5.41, 5.74) is 1.79. The number of rotatable bonds is 4. The number of carbonyl (C=O) groups excluding carboxylic acids is 2. The number of hydrogen-bond donors (Lipinski definition) is 3. The molecule has 0 heterocycles. The molecule has 1 aromatic carbocycles. The third-order valence-electron chi connectivity index (χ3n) is 2.20. The zero-order valence-electron chi connectivity index (χ0n) is 9.54. The molecular formula is C10H12N4O4. The van der Waals surface area contributed by atoms with Gasteiger partial charge in [-0.15, -0.1) is 0 Å². The first kappa shape index (κ1) is 13.6. The molecule has 8 nitrogen and oxygen atoms in total. The summed E-state index contributed by atoms with van der Waals surface area (Å²) in [7, 11) is 0. The van der Waals surface area contributed by atoms with E-state index in [0.717, 1.165) is 6.07 Å². The van der Waals surface area contributed by atoms with E-state index in [4.69, 9.17) is 5.84 Å². The monoisotopic (exact) mass is 252 g/mol. The second-order valence-electron chi connectivity index (χ2n) is 3.51. The highest BCUT2D eigenvalue weighted by atomic mass is 16.6. The Kier molecular flexibility index (Phi) is 4.33. The average Bonchev–Trinajstić information content (AvgIpc) is 2.37. The molecule has 0 radical (unpaired) electrons. The lowest BCUT2D eigenvalue weighted by Gasteiger charge is -2.11. The minimum absolute atomic E-state index is 0.0980. The van der Waals surface area contributed by atoms with Crippen molar-refractivity contribution in [1.29, 1.82) is 0 Å². The van der Waals surface area contributed by atoms with E-state index in [1.54, 1.807) is 0 Å². The van der Waals surface area contributed by atoms with E-state index in [-0.39, 0.29) is 11.3 Å². The van der Waals surface area contributed by atoms with E-state index < -0.39 is 22.8 Å². The van der Waals surface area contributed by atoms with Crippen molar-refractivity contribution in [1.82, 2.24) is 10.7 Å². The number of carbonyl (C=O) groups is 2. The molecule has 8 heteroatoms. The van der Waals surface area contributed by atoms with Gasteiger partial charge in [0.1, 0.15) is 6.04 Å². The van der Waals surface area contributed by atoms with Crippen molar-refractivity contribution in [2.24, 2.45) is 5.84 Å². The van der Waals surface area contributed by atoms with Crippen molar-refractivity contribution >= 4 is 17.5 Å². The summed E-state index contributed by atoms with van der Waals surface area (Å²) in [5.74, 6) is 3.76. The van der Waals surface area contributed by atoms with Crippen molar-refractivity contribution in [3.05, 3.63) is 39.9 Å². The smallest absolute Gasteiger partial charge is 0.270 e. The number of nitro groups is 1. The molecule has 1 atom stereocenters. The average molecular weight is 252 g/mol. The quantitative estimate of drug-likeness (QED) is 0.293. The van der Waals surface area contributed by atoms with Crippen LogP contribution in [0.2, 0.25) is 0 Å². The Hall–Kier alpha value is -2.48. The molecule has 0 saturated carbocycles. The van der Waals surface area contributed by atoms with Crippen molar-refractivity contribution in [3.8, 4) is 0 Å². The molecule has 0 fully saturated rings. The molecular weight excluding hydrogens is 240 g/mol. The molecule has 0 spiro atoms. The van der Waals surface area contributed by atoms with Gasteiger partial charge in [0.25, 0.3) is 17.5 Å². The van der Waals surface area contributed by atoms with E-state index in [9.17, 15) is 19.7 Å². The number of nitrogens with one attached hydrogen (secondary N) is 2. The van der Waals surface area contributed by atoms with Crippen LogP contribution in [0.5, 0.6) is 0 Å². The van der Waals surface area contributed by atoms with Crippen LogP contribution >= 0.6 is 0 Å². The number of non-ortho nitro benzene ring substituents is 1. The molecule has 96 valence electrons. The third kappa shape index (κ3) is 3.25. The Balaban J connectivity index is 2.81. The van der Waals surface area contributed by atoms with Crippen molar-refractivity contribution in [3.63, 3.8) is 0 Å². The summed E-state index contributed by atoms with van der Waals surface area (Å²) in [6.07, 6.45) is 0. The SMILES string of the molecule is C[C@H](NC(=O)c1cccc([N+](=O)[O-])c1)C(=O)NN. The largest absolute Gasteiger partial charge is 0.340 e. The number of amides is 2. The van der Waals surface area contributed by atoms with Gasteiger partial charge in [0.05, 0.1) is 4.92 Å². The van der Waals surface area contributed by atoms with Crippen molar-refractivity contribution < 1.29 is 14.5 Å². The van der Waals surface area contributed by atoms with Gasteiger partial charge in [0.15, 0.2) is 0 Å². The van der Waals surface area contributed by atoms with Gasteiger partial charge in [0.2, 0.25) is 0 Å². The molecule has 1 aromatic rings. The fourth-order valence-electron chi connectivity index (χ4n) is 1.23. The van der Waals surface area contributed by atoms with Crippen LogP contribution in [0, 0.1) is 10.1 Å². The van der Waals surface area contributed by atoms with E-state index in [1.165, 1.54) is 25.1 Å². The maximum atomic E-state index is 11.7. The van der Waals surface area contributed by atoms with Crippen LogP contribution in [0.4, 0.5) is 5.69 Å². The predicted octanol–water partition coefficient (Wildman–Crippen LogP) is -0.297. The number of hydrazine groups is 1. The highest BCUT2D eigenvalue weighted by molar-refractivity contribution is 5.97. The molecule has 0 aliphatic heterocycles. The van der Waals surface area contributed by atoms with Gasteiger partial charge in [-0.3, -0.25) is 25.1 Å². The maximum Gasteiger partial charge on any atom is 0.270 e. The van der Waals surface area contributed by atoms with Crippen LogP contribution in [-0.2, 0) is 4.79 Å². The summed E-state index contributed by atoms with van der Waals surface area (Å²) < 4.78 is 0. The van der Waals surface area contributed by atoms with Gasteiger partial charge >= 0.3 is 0 Å². The van der Waals surface area contributed by atoms with Gasteiger partial charge in [-0.1, -0.05) is 6.07 Å². The second kappa shape index (κ2) is 5.73. The molecule has 18 heavy (non-hydrogen) atoms. The summed E-state index contributed by atoms with van der Waals surface area (Å²) in [6.45, 7) is 1.44. The third-order valence-corrected chi connectivity index (χ3v) is 2.20. The van der Waals surface area contributed by atoms with E-state index in [1.807, 2.05) is 5.43 Å². The summed E-state index contributed by atoms with van der Waals surface area (Å²) >= 11 is 0. The van der Waals surface area contributed by atoms with Crippen molar-refractivity contribution in [2.45, 2.75) is 13.0 Å². The second-order valence-corrected chi connectivity index (χ2v) is 3.51. The minimum atomic E-state index is -0.832. The predicted molar refractivity (Wildman–Crippen MR) is 62.4 cm³/mol. The molecule has 0 bridgehead atoms. The number of nitrogens with zero attached hydrogens (tertiary/aromatic N) is 1. The summed E-state index contributed by atoms with van der Waals surface area (Å²) in [6, 6.07) is 4.37. The first-order chi connectivity index (χ1) is 8.45. The Morgan fingerprint density at radius 1 is 1.44 bits per heavy atom. The van der Waals surface area contributed by atoms with Gasteiger partial charge in [-0.05, 0) is 13.0 Å². The first-order valence-electron chi connectivity index (χ1n) is 5.01. The molecule has 2 amide bonds. The topological polar surface area (TPSA) is 127 Å². The lowest BCUT2D eigenvalue weighted by atomic mass is 10.2. The fraction of sp³-hybridized carbons (Fsp3) is 0.200. The molecule has 1 rings (SSSR count). The highest BCUT2D eigenvalue weighted by Gasteiger charge is 2.17. The van der Waals surface area contributed by atoms with Gasteiger partial charge < -0.3 is 5.32 Å².